The van der Waals surface area contributed by atoms with Gasteiger partial charge in [0.15, 0.2) is 0 Å². The standard InChI is InChI=1S/C21H30N4O2/c1-2-24(16-13-19-22-17-9-5-6-10-18(17)23-19)20(26)11-12-21(27)25-14-7-3-4-8-15-25/h5-6,9-10H,2-4,7-8,11-16H2,1H3,(H,22,23). The summed E-state index contributed by atoms with van der Waals surface area (Å²) >= 11 is 0. The fourth-order valence-electron chi connectivity index (χ4n) is 3.67. The number of nitrogens with zero attached hydrogens (tertiary/aromatic N) is 3. The lowest BCUT2D eigenvalue weighted by atomic mass is 10.2. The number of likely N-dealkylation sites (tertiary alicyclic amines) is 1. The first-order valence-electron chi connectivity index (χ1n) is 10.2. The topological polar surface area (TPSA) is 69.3 Å². The van der Waals surface area contributed by atoms with Crippen LogP contribution in [0.4, 0.5) is 0 Å². The summed E-state index contributed by atoms with van der Waals surface area (Å²) in [4.78, 5) is 36.6. The van der Waals surface area contributed by atoms with Gasteiger partial charge in [-0.15, -0.1) is 0 Å². The molecule has 2 heterocycles. The summed E-state index contributed by atoms with van der Waals surface area (Å²) in [5.74, 6) is 1.07. The van der Waals surface area contributed by atoms with E-state index in [1.54, 1.807) is 0 Å². The Hall–Kier alpha value is -2.37. The van der Waals surface area contributed by atoms with E-state index >= 15 is 0 Å². The van der Waals surface area contributed by atoms with E-state index in [-0.39, 0.29) is 11.8 Å². The van der Waals surface area contributed by atoms with Crippen molar-refractivity contribution in [2.75, 3.05) is 26.2 Å². The summed E-state index contributed by atoms with van der Waals surface area (Å²) in [6.45, 7) is 4.93. The van der Waals surface area contributed by atoms with Gasteiger partial charge in [0.05, 0.1) is 11.0 Å². The molecule has 0 aliphatic carbocycles. The van der Waals surface area contributed by atoms with Crippen molar-refractivity contribution in [3.05, 3.63) is 30.1 Å². The molecule has 1 saturated heterocycles. The van der Waals surface area contributed by atoms with Crippen LogP contribution in [0.2, 0.25) is 0 Å². The molecule has 0 spiro atoms. The van der Waals surface area contributed by atoms with Crippen molar-refractivity contribution in [2.24, 2.45) is 0 Å². The highest BCUT2D eigenvalue weighted by Crippen LogP contribution is 2.13. The molecule has 0 radical (unpaired) electrons. The quantitative estimate of drug-likeness (QED) is 0.814. The number of rotatable bonds is 7. The van der Waals surface area contributed by atoms with Crippen LogP contribution < -0.4 is 0 Å². The van der Waals surface area contributed by atoms with Gasteiger partial charge in [-0.25, -0.2) is 4.98 Å². The zero-order valence-corrected chi connectivity index (χ0v) is 16.2. The first kappa shape index (κ1) is 19.4. The van der Waals surface area contributed by atoms with Crippen molar-refractivity contribution in [2.45, 2.75) is 51.9 Å². The average molecular weight is 370 g/mol. The highest BCUT2D eigenvalue weighted by Gasteiger charge is 2.19. The fraction of sp³-hybridized carbons (Fsp3) is 0.571. The van der Waals surface area contributed by atoms with Crippen LogP contribution in [0, 0.1) is 0 Å². The number of hydrogen-bond donors (Lipinski definition) is 1. The van der Waals surface area contributed by atoms with Gasteiger partial charge in [-0.1, -0.05) is 25.0 Å². The molecule has 6 nitrogen and oxygen atoms in total. The van der Waals surface area contributed by atoms with E-state index in [0.29, 0.717) is 32.4 Å². The number of fused-ring (bicyclic) bond motifs is 1. The monoisotopic (exact) mass is 370 g/mol. The van der Waals surface area contributed by atoms with Gasteiger partial charge in [0.25, 0.3) is 0 Å². The lowest BCUT2D eigenvalue weighted by molar-refractivity contribution is -0.137. The molecule has 3 rings (SSSR count). The molecule has 1 aromatic carbocycles. The number of amides is 2. The van der Waals surface area contributed by atoms with Gasteiger partial charge < -0.3 is 14.8 Å². The average Bonchev–Trinajstić information content (AvgIpc) is 2.90. The molecule has 2 amide bonds. The molecule has 1 aromatic heterocycles. The Balaban J connectivity index is 1.47. The van der Waals surface area contributed by atoms with Crippen LogP contribution in [0.1, 0.15) is 51.3 Å². The smallest absolute Gasteiger partial charge is 0.223 e. The van der Waals surface area contributed by atoms with Gasteiger partial charge in [0.2, 0.25) is 11.8 Å². The maximum Gasteiger partial charge on any atom is 0.223 e. The summed E-state index contributed by atoms with van der Waals surface area (Å²) < 4.78 is 0. The minimum absolute atomic E-state index is 0.0526. The number of carbonyl (C=O) groups excluding carboxylic acids is 2. The van der Waals surface area contributed by atoms with Crippen molar-refractivity contribution in [1.29, 1.82) is 0 Å². The molecule has 1 aliphatic heterocycles. The molecule has 0 bridgehead atoms. The van der Waals surface area contributed by atoms with E-state index in [1.807, 2.05) is 41.0 Å². The molecule has 1 aliphatic rings. The van der Waals surface area contributed by atoms with Crippen LogP contribution in [-0.2, 0) is 16.0 Å². The molecular formula is C21H30N4O2. The first-order chi connectivity index (χ1) is 13.2. The van der Waals surface area contributed by atoms with E-state index in [1.165, 1.54) is 12.8 Å². The molecule has 0 saturated carbocycles. The molecule has 0 atom stereocenters. The number of carbonyl (C=O) groups is 2. The molecule has 1 fully saturated rings. The predicted molar refractivity (Wildman–Crippen MR) is 106 cm³/mol. The van der Waals surface area contributed by atoms with Gasteiger partial charge in [-0.2, -0.15) is 0 Å². The Bertz CT molecular complexity index is 729. The lowest BCUT2D eigenvalue weighted by Gasteiger charge is -2.23. The summed E-state index contributed by atoms with van der Waals surface area (Å²) in [6, 6.07) is 7.93. The van der Waals surface area contributed by atoms with Crippen molar-refractivity contribution >= 4 is 22.8 Å². The van der Waals surface area contributed by atoms with E-state index in [0.717, 1.165) is 42.8 Å². The second kappa shape index (κ2) is 9.53. The Morgan fingerprint density at radius 1 is 1.11 bits per heavy atom. The van der Waals surface area contributed by atoms with Crippen LogP contribution >= 0.6 is 0 Å². The lowest BCUT2D eigenvalue weighted by Crippen LogP contribution is -2.35. The van der Waals surface area contributed by atoms with Crippen LogP contribution in [0.3, 0.4) is 0 Å². The Morgan fingerprint density at radius 2 is 1.85 bits per heavy atom. The summed E-state index contributed by atoms with van der Waals surface area (Å²) in [7, 11) is 0. The highest BCUT2D eigenvalue weighted by atomic mass is 16.2. The van der Waals surface area contributed by atoms with Crippen molar-refractivity contribution in [1.82, 2.24) is 19.8 Å². The first-order valence-corrected chi connectivity index (χ1v) is 10.2. The van der Waals surface area contributed by atoms with Crippen molar-refractivity contribution in [3.63, 3.8) is 0 Å². The number of imidazole rings is 1. The zero-order chi connectivity index (χ0) is 19.1. The number of aromatic amines is 1. The Labute approximate surface area is 160 Å². The number of hydrogen-bond acceptors (Lipinski definition) is 3. The Kier molecular flexibility index (Phi) is 6.85. The van der Waals surface area contributed by atoms with Gasteiger partial charge in [-0.3, -0.25) is 9.59 Å². The maximum atomic E-state index is 12.5. The number of para-hydroxylation sites is 2. The highest BCUT2D eigenvalue weighted by molar-refractivity contribution is 5.84. The molecule has 27 heavy (non-hydrogen) atoms. The molecule has 2 aromatic rings. The zero-order valence-electron chi connectivity index (χ0n) is 16.2. The van der Waals surface area contributed by atoms with Crippen LogP contribution in [-0.4, -0.2) is 57.8 Å². The van der Waals surface area contributed by atoms with E-state index in [4.69, 9.17) is 0 Å². The van der Waals surface area contributed by atoms with Gasteiger partial charge >= 0.3 is 0 Å². The number of likely N-dealkylation sites (N-methyl/N-ethyl adjacent to an activating group) is 1. The molecule has 0 unspecified atom stereocenters. The third-order valence-electron chi connectivity index (χ3n) is 5.30. The largest absolute Gasteiger partial charge is 0.343 e. The van der Waals surface area contributed by atoms with E-state index in [9.17, 15) is 9.59 Å². The fourth-order valence-corrected chi connectivity index (χ4v) is 3.67. The number of aromatic nitrogens is 2. The predicted octanol–water partition coefficient (Wildman–Crippen LogP) is 3.14. The van der Waals surface area contributed by atoms with Crippen LogP contribution in [0.15, 0.2) is 24.3 Å². The van der Waals surface area contributed by atoms with Crippen LogP contribution in [0.25, 0.3) is 11.0 Å². The molecule has 1 N–H and O–H groups in total. The minimum atomic E-state index is 0.0526. The van der Waals surface area contributed by atoms with Crippen LogP contribution in [0.5, 0.6) is 0 Å². The number of H-pyrrole nitrogens is 1. The normalized spacial score (nSPS) is 14.9. The maximum absolute atomic E-state index is 12.5. The van der Waals surface area contributed by atoms with Crippen molar-refractivity contribution in [3.8, 4) is 0 Å². The minimum Gasteiger partial charge on any atom is -0.343 e. The SMILES string of the molecule is CCN(CCc1nc2ccccc2[nH]1)C(=O)CCC(=O)N1CCCCCC1. The molecule has 6 heteroatoms. The number of nitrogens with one attached hydrogen (secondary N) is 1. The van der Waals surface area contributed by atoms with Gasteiger partial charge in [-0.05, 0) is 31.9 Å². The second-order valence-electron chi connectivity index (χ2n) is 7.22. The summed E-state index contributed by atoms with van der Waals surface area (Å²) in [5, 5.41) is 0. The molecular weight excluding hydrogens is 340 g/mol. The summed E-state index contributed by atoms with van der Waals surface area (Å²) in [6.07, 6.45) is 5.87. The van der Waals surface area contributed by atoms with E-state index < -0.39 is 0 Å². The number of benzene rings is 1. The Morgan fingerprint density at radius 3 is 2.56 bits per heavy atom. The third kappa shape index (κ3) is 5.31. The van der Waals surface area contributed by atoms with Gasteiger partial charge in [0, 0.05) is 45.4 Å². The van der Waals surface area contributed by atoms with Gasteiger partial charge in [0.1, 0.15) is 5.82 Å². The molecule has 146 valence electrons. The van der Waals surface area contributed by atoms with Crippen molar-refractivity contribution < 1.29 is 9.59 Å². The summed E-state index contributed by atoms with van der Waals surface area (Å²) in [5.41, 5.74) is 1.97. The second-order valence-corrected chi connectivity index (χ2v) is 7.22. The van der Waals surface area contributed by atoms with E-state index in [2.05, 4.69) is 9.97 Å². The third-order valence-corrected chi connectivity index (χ3v) is 5.30.